The molecule has 104 valence electrons. The van der Waals surface area contributed by atoms with Crippen molar-refractivity contribution >= 4 is 33.3 Å². The lowest BCUT2D eigenvalue weighted by Crippen LogP contribution is -2.26. The Morgan fingerprint density at radius 2 is 1.95 bits per heavy atom. The highest BCUT2D eigenvalue weighted by Crippen LogP contribution is 2.33. The summed E-state index contributed by atoms with van der Waals surface area (Å²) in [4.78, 5) is 26.4. The van der Waals surface area contributed by atoms with E-state index in [2.05, 4.69) is 30.9 Å². The van der Waals surface area contributed by atoms with Gasteiger partial charge in [-0.25, -0.2) is 9.97 Å². The number of anilines is 2. The van der Waals surface area contributed by atoms with Crippen LogP contribution in [-0.4, -0.2) is 20.9 Å². The Morgan fingerprint density at radius 3 is 2.55 bits per heavy atom. The van der Waals surface area contributed by atoms with E-state index < -0.39 is 0 Å². The minimum atomic E-state index is -0.122. The molecule has 0 spiro atoms. The molecule has 2 heterocycles. The molecule has 0 saturated carbocycles. The normalized spacial score (nSPS) is 10.4. The molecule has 6 heteroatoms. The molecule has 2 aromatic rings. The third kappa shape index (κ3) is 2.70. The van der Waals surface area contributed by atoms with Gasteiger partial charge in [-0.2, -0.15) is 0 Å². The first-order chi connectivity index (χ1) is 9.41. The molecule has 20 heavy (non-hydrogen) atoms. The Labute approximate surface area is 126 Å². The number of pyridine rings is 1. The van der Waals surface area contributed by atoms with Gasteiger partial charge in [-0.05, 0) is 48.3 Å². The van der Waals surface area contributed by atoms with Crippen molar-refractivity contribution in [2.75, 3.05) is 4.90 Å². The highest BCUT2D eigenvalue weighted by molar-refractivity contribution is 9.10. The second-order valence-electron chi connectivity index (χ2n) is 4.51. The summed E-state index contributed by atoms with van der Waals surface area (Å²) in [6.07, 6.45) is 3.38. The molecule has 0 aromatic carbocycles. The lowest BCUT2D eigenvalue weighted by molar-refractivity contribution is -0.115. The Balaban J connectivity index is 2.69. The highest BCUT2D eigenvalue weighted by atomic mass is 79.9. The third-order valence-electron chi connectivity index (χ3n) is 2.91. The molecule has 0 N–H and O–H groups in total. The molecule has 2 rings (SSSR count). The zero-order valence-corrected chi connectivity index (χ0v) is 13.4. The van der Waals surface area contributed by atoms with E-state index >= 15 is 0 Å². The van der Waals surface area contributed by atoms with Crippen molar-refractivity contribution in [3.05, 3.63) is 40.0 Å². The zero-order valence-electron chi connectivity index (χ0n) is 11.8. The van der Waals surface area contributed by atoms with E-state index in [4.69, 9.17) is 0 Å². The molecule has 0 atom stereocenters. The van der Waals surface area contributed by atoms with Crippen LogP contribution in [0.2, 0.25) is 0 Å². The van der Waals surface area contributed by atoms with Crippen molar-refractivity contribution < 1.29 is 4.79 Å². The van der Waals surface area contributed by atoms with Crippen molar-refractivity contribution in [3.63, 3.8) is 0 Å². The number of nitrogens with zero attached hydrogens (tertiary/aromatic N) is 4. The maximum absolute atomic E-state index is 12.1. The van der Waals surface area contributed by atoms with Crippen molar-refractivity contribution in [1.82, 2.24) is 15.0 Å². The van der Waals surface area contributed by atoms with Crippen LogP contribution < -0.4 is 4.90 Å². The van der Waals surface area contributed by atoms with Crippen LogP contribution >= 0.6 is 15.9 Å². The number of rotatable bonds is 2. The highest BCUT2D eigenvalue weighted by Gasteiger charge is 2.22. The van der Waals surface area contributed by atoms with Crippen LogP contribution in [0.3, 0.4) is 0 Å². The smallest absolute Gasteiger partial charge is 0.229 e. The summed E-state index contributed by atoms with van der Waals surface area (Å²) in [5, 5.41) is 0. The van der Waals surface area contributed by atoms with Crippen LogP contribution in [0.25, 0.3) is 0 Å². The first-order valence-corrected chi connectivity index (χ1v) is 6.93. The molecule has 0 aliphatic heterocycles. The number of aromatic nitrogens is 3. The van der Waals surface area contributed by atoms with E-state index in [0.717, 1.165) is 16.9 Å². The molecule has 2 aromatic heterocycles. The van der Waals surface area contributed by atoms with Gasteiger partial charge in [0.05, 0.1) is 15.9 Å². The van der Waals surface area contributed by atoms with Crippen molar-refractivity contribution in [3.8, 4) is 0 Å². The molecule has 0 bridgehead atoms. The third-order valence-corrected chi connectivity index (χ3v) is 3.46. The molecule has 0 radical (unpaired) electrons. The summed E-state index contributed by atoms with van der Waals surface area (Å²) in [5.41, 5.74) is 2.51. The molecule has 5 nitrogen and oxygen atoms in total. The number of carbonyl (C=O) groups is 1. The first-order valence-electron chi connectivity index (χ1n) is 6.14. The second kappa shape index (κ2) is 5.66. The van der Waals surface area contributed by atoms with E-state index in [1.165, 1.54) is 6.92 Å². The average Bonchev–Trinajstić information content (AvgIpc) is 2.37. The Hall–Kier alpha value is -1.82. The largest absolute Gasteiger partial charge is 0.274 e. The van der Waals surface area contributed by atoms with E-state index in [0.29, 0.717) is 16.1 Å². The monoisotopic (exact) mass is 334 g/mol. The Morgan fingerprint density at radius 1 is 1.25 bits per heavy atom. The van der Waals surface area contributed by atoms with Gasteiger partial charge in [0.15, 0.2) is 5.82 Å². The molecule has 0 aliphatic carbocycles. The fourth-order valence-corrected chi connectivity index (χ4v) is 2.41. The molecule has 0 unspecified atom stereocenters. The van der Waals surface area contributed by atoms with Crippen molar-refractivity contribution in [1.29, 1.82) is 0 Å². The number of carbonyl (C=O) groups excluding carboxylic acids is 1. The summed E-state index contributed by atoms with van der Waals surface area (Å²) in [6, 6.07) is 1.88. The molecule has 1 amide bonds. The maximum Gasteiger partial charge on any atom is 0.229 e. The predicted octanol–water partition coefficient (Wildman–Crippen LogP) is 3.24. The fourth-order valence-electron chi connectivity index (χ4n) is 2.04. The predicted molar refractivity (Wildman–Crippen MR) is 81.0 cm³/mol. The van der Waals surface area contributed by atoms with Crippen LogP contribution in [0.1, 0.15) is 24.0 Å². The molecule has 0 aliphatic rings. The van der Waals surface area contributed by atoms with Crippen molar-refractivity contribution in [2.45, 2.75) is 27.7 Å². The number of aryl methyl sites for hydroxylation is 3. The maximum atomic E-state index is 12.1. The van der Waals surface area contributed by atoms with Crippen LogP contribution in [0.5, 0.6) is 0 Å². The van der Waals surface area contributed by atoms with Crippen molar-refractivity contribution in [2.24, 2.45) is 0 Å². The zero-order chi connectivity index (χ0) is 14.9. The molecule has 0 saturated heterocycles. The van der Waals surface area contributed by atoms with Crippen LogP contribution in [0.15, 0.2) is 22.9 Å². The average molecular weight is 335 g/mol. The van der Waals surface area contributed by atoms with Gasteiger partial charge in [0.2, 0.25) is 5.91 Å². The van der Waals surface area contributed by atoms with Gasteiger partial charge in [-0.15, -0.1) is 0 Å². The Bertz CT molecular complexity index is 652. The van der Waals surface area contributed by atoms with E-state index in [1.807, 2.05) is 19.9 Å². The summed E-state index contributed by atoms with van der Waals surface area (Å²) in [6.45, 7) is 7.12. The van der Waals surface area contributed by atoms with Gasteiger partial charge in [-0.1, -0.05) is 0 Å². The number of hydrogen-bond acceptors (Lipinski definition) is 4. The summed E-state index contributed by atoms with van der Waals surface area (Å²) in [7, 11) is 0. The summed E-state index contributed by atoms with van der Waals surface area (Å²) >= 11 is 3.41. The minimum absolute atomic E-state index is 0.122. The van der Waals surface area contributed by atoms with E-state index in [9.17, 15) is 4.79 Å². The second-order valence-corrected chi connectivity index (χ2v) is 5.36. The number of halogens is 1. The van der Waals surface area contributed by atoms with Gasteiger partial charge < -0.3 is 0 Å². The standard InChI is InChI=1S/C14H15BrN4O/c1-8-5-6-16-9(2)13(8)19(11(4)20)14-12(15)7-17-10(3)18-14/h5-7H,1-4H3. The van der Waals surface area contributed by atoms with E-state index in [-0.39, 0.29) is 5.91 Å². The lowest BCUT2D eigenvalue weighted by atomic mass is 10.1. The number of hydrogen-bond donors (Lipinski definition) is 0. The van der Waals surface area contributed by atoms with Gasteiger partial charge in [0, 0.05) is 19.3 Å². The van der Waals surface area contributed by atoms with Crippen LogP contribution in [0, 0.1) is 20.8 Å². The van der Waals surface area contributed by atoms with E-state index in [1.54, 1.807) is 24.2 Å². The fraction of sp³-hybridized carbons (Fsp3) is 0.286. The van der Waals surface area contributed by atoms with Crippen LogP contribution in [-0.2, 0) is 4.79 Å². The van der Waals surface area contributed by atoms with Gasteiger partial charge in [0.25, 0.3) is 0 Å². The molecular weight excluding hydrogens is 320 g/mol. The quantitative estimate of drug-likeness (QED) is 0.845. The topological polar surface area (TPSA) is 59.0 Å². The first kappa shape index (κ1) is 14.6. The van der Waals surface area contributed by atoms with Gasteiger partial charge >= 0.3 is 0 Å². The minimum Gasteiger partial charge on any atom is -0.274 e. The lowest BCUT2D eigenvalue weighted by Gasteiger charge is -2.24. The molecular formula is C14H15BrN4O. The summed E-state index contributed by atoms with van der Waals surface area (Å²) in [5.74, 6) is 1.01. The Kier molecular flexibility index (Phi) is 4.13. The van der Waals surface area contributed by atoms with Gasteiger partial charge in [-0.3, -0.25) is 14.7 Å². The summed E-state index contributed by atoms with van der Waals surface area (Å²) < 4.78 is 0.668. The number of amides is 1. The molecule has 0 fully saturated rings. The van der Waals surface area contributed by atoms with Crippen LogP contribution in [0.4, 0.5) is 11.5 Å². The SMILES string of the molecule is CC(=O)N(c1nc(C)ncc1Br)c1c(C)ccnc1C. The van der Waals surface area contributed by atoms with Gasteiger partial charge in [0.1, 0.15) is 5.82 Å².